The van der Waals surface area contributed by atoms with Gasteiger partial charge in [-0.05, 0) is 49.5 Å². The van der Waals surface area contributed by atoms with Crippen LogP contribution in [0.15, 0.2) is 30.0 Å². The maximum absolute atomic E-state index is 12.1. The van der Waals surface area contributed by atoms with E-state index >= 15 is 0 Å². The molecule has 0 saturated carbocycles. The van der Waals surface area contributed by atoms with Crippen LogP contribution in [0.5, 0.6) is 0 Å². The number of carboxylic acids is 1. The molecule has 0 aliphatic rings. The molecule has 0 spiro atoms. The first kappa shape index (κ1) is 19.6. The van der Waals surface area contributed by atoms with Crippen molar-refractivity contribution in [3.05, 3.63) is 41.1 Å². The zero-order valence-corrected chi connectivity index (χ0v) is 14.7. The first-order valence-electron chi connectivity index (χ1n) is 7.35. The van der Waals surface area contributed by atoms with Crippen molar-refractivity contribution in [3.8, 4) is 6.07 Å². The predicted octanol–water partition coefficient (Wildman–Crippen LogP) is 2.45. The van der Waals surface area contributed by atoms with E-state index in [-0.39, 0.29) is 5.57 Å². The molecule has 0 heterocycles. The Morgan fingerprint density at radius 3 is 2.71 bits per heavy atom. The van der Waals surface area contributed by atoms with Crippen molar-refractivity contribution in [1.82, 2.24) is 5.32 Å². The summed E-state index contributed by atoms with van der Waals surface area (Å²) in [5, 5.41) is 23.6. The molecule has 1 aromatic carbocycles. The predicted molar refractivity (Wildman–Crippen MR) is 95.8 cm³/mol. The molecule has 0 aliphatic carbocycles. The van der Waals surface area contributed by atoms with Crippen molar-refractivity contribution in [2.75, 3.05) is 17.3 Å². The number of anilines is 1. The molecule has 1 aromatic rings. The third kappa shape index (κ3) is 5.97. The van der Waals surface area contributed by atoms with Gasteiger partial charge >= 0.3 is 5.97 Å². The van der Waals surface area contributed by atoms with Gasteiger partial charge in [0.2, 0.25) is 0 Å². The van der Waals surface area contributed by atoms with Gasteiger partial charge < -0.3 is 15.7 Å². The van der Waals surface area contributed by atoms with Crippen molar-refractivity contribution < 1.29 is 14.7 Å². The van der Waals surface area contributed by atoms with Crippen LogP contribution in [0.25, 0.3) is 0 Å². The average Bonchev–Trinajstić information content (AvgIpc) is 2.54. The quantitative estimate of drug-likeness (QED) is 0.493. The summed E-state index contributed by atoms with van der Waals surface area (Å²) < 4.78 is 0. The summed E-state index contributed by atoms with van der Waals surface area (Å²) in [7, 11) is 0. The highest BCUT2D eigenvalue weighted by atomic mass is 32.2. The fraction of sp³-hybridized carbons (Fsp3) is 0.353. The number of amides is 1. The van der Waals surface area contributed by atoms with Crippen molar-refractivity contribution in [2.24, 2.45) is 0 Å². The molecule has 0 aromatic heterocycles. The number of thioether (sulfide) groups is 1. The first-order valence-corrected chi connectivity index (χ1v) is 8.75. The Kier molecular flexibility index (Phi) is 7.86. The number of rotatable bonds is 8. The number of aliphatic carboxylic acids is 1. The summed E-state index contributed by atoms with van der Waals surface area (Å²) in [5.41, 5.74) is 2.62. The second-order valence-corrected chi connectivity index (χ2v) is 6.26. The molecule has 3 N–H and O–H groups in total. The van der Waals surface area contributed by atoms with Crippen molar-refractivity contribution in [2.45, 2.75) is 26.3 Å². The average molecular weight is 347 g/mol. The van der Waals surface area contributed by atoms with E-state index in [1.54, 1.807) is 6.07 Å². The van der Waals surface area contributed by atoms with Crippen molar-refractivity contribution >= 4 is 29.3 Å². The molecule has 0 fully saturated rings. The minimum atomic E-state index is -1.11. The van der Waals surface area contributed by atoms with Crippen LogP contribution in [-0.4, -0.2) is 35.0 Å². The minimum absolute atomic E-state index is 0.175. The van der Waals surface area contributed by atoms with Gasteiger partial charge in [-0.25, -0.2) is 4.79 Å². The van der Waals surface area contributed by atoms with Crippen LogP contribution in [0.2, 0.25) is 0 Å². The van der Waals surface area contributed by atoms with Gasteiger partial charge in [0.05, 0.1) is 0 Å². The maximum Gasteiger partial charge on any atom is 0.326 e. The highest BCUT2D eigenvalue weighted by Crippen LogP contribution is 2.16. The normalized spacial score (nSPS) is 12.2. The van der Waals surface area contributed by atoms with Crippen LogP contribution >= 0.6 is 11.8 Å². The second kappa shape index (κ2) is 9.63. The molecular formula is C17H21N3O3S. The number of carbonyl (C=O) groups is 2. The Hall–Kier alpha value is -2.46. The number of nitrogens with zero attached hydrogens (tertiary/aromatic N) is 1. The smallest absolute Gasteiger partial charge is 0.326 e. The maximum atomic E-state index is 12.1. The number of nitriles is 1. The van der Waals surface area contributed by atoms with E-state index in [1.165, 1.54) is 18.0 Å². The van der Waals surface area contributed by atoms with Crippen LogP contribution < -0.4 is 10.6 Å². The third-order valence-corrected chi connectivity index (χ3v) is 3.99. The van der Waals surface area contributed by atoms with E-state index in [0.717, 1.165) is 16.8 Å². The molecular weight excluding hydrogens is 326 g/mol. The molecule has 1 rings (SSSR count). The highest BCUT2D eigenvalue weighted by molar-refractivity contribution is 7.98. The molecule has 7 heteroatoms. The van der Waals surface area contributed by atoms with Crippen LogP contribution in [0, 0.1) is 25.2 Å². The largest absolute Gasteiger partial charge is 0.480 e. The fourth-order valence-corrected chi connectivity index (χ4v) is 2.39. The lowest BCUT2D eigenvalue weighted by molar-refractivity contribution is -0.141. The molecule has 128 valence electrons. The molecule has 0 saturated heterocycles. The Morgan fingerprint density at radius 1 is 1.42 bits per heavy atom. The Balaban J connectivity index is 2.83. The summed E-state index contributed by atoms with van der Waals surface area (Å²) in [5.74, 6) is -1.22. The molecule has 1 amide bonds. The monoisotopic (exact) mass is 347 g/mol. The van der Waals surface area contributed by atoms with Gasteiger partial charge in [0.1, 0.15) is 17.7 Å². The number of hydrogen-bond donors (Lipinski definition) is 3. The number of carbonyl (C=O) groups excluding carboxylic acids is 1. The Bertz CT molecular complexity index is 680. The van der Waals surface area contributed by atoms with Gasteiger partial charge in [-0.15, -0.1) is 0 Å². The zero-order valence-electron chi connectivity index (χ0n) is 13.9. The van der Waals surface area contributed by atoms with E-state index in [0.29, 0.717) is 12.2 Å². The highest BCUT2D eigenvalue weighted by Gasteiger charge is 2.21. The SMILES string of the molecule is CSCCC(NC(=O)/C(C#N)=C\Nc1cc(C)ccc1C)C(=O)O. The number of hydrogen-bond acceptors (Lipinski definition) is 5. The van der Waals surface area contributed by atoms with Gasteiger partial charge in [0.25, 0.3) is 5.91 Å². The standard InChI is InChI=1S/C17H21N3O3S/c1-11-4-5-12(2)15(8-11)19-10-13(9-18)16(21)20-14(17(22)23)6-7-24-3/h4-5,8,10,14,19H,6-7H2,1-3H3,(H,20,21)(H,22,23)/b13-10-. The zero-order chi connectivity index (χ0) is 18.1. The van der Waals surface area contributed by atoms with Gasteiger partial charge in [-0.1, -0.05) is 12.1 Å². The van der Waals surface area contributed by atoms with Crippen LogP contribution in [0.4, 0.5) is 5.69 Å². The second-order valence-electron chi connectivity index (χ2n) is 5.28. The first-order chi connectivity index (χ1) is 11.4. The molecule has 1 atom stereocenters. The lowest BCUT2D eigenvalue weighted by Crippen LogP contribution is -2.41. The molecule has 6 nitrogen and oxygen atoms in total. The van der Waals surface area contributed by atoms with E-state index in [4.69, 9.17) is 10.4 Å². The van der Waals surface area contributed by atoms with Gasteiger partial charge in [-0.2, -0.15) is 17.0 Å². The molecule has 24 heavy (non-hydrogen) atoms. The molecule has 0 bridgehead atoms. The van der Waals surface area contributed by atoms with E-state index in [2.05, 4.69) is 10.6 Å². The Morgan fingerprint density at radius 2 is 2.12 bits per heavy atom. The van der Waals surface area contributed by atoms with E-state index in [9.17, 15) is 9.59 Å². The van der Waals surface area contributed by atoms with Crippen LogP contribution in [-0.2, 0) is 9.59 Å². The van der Waals surface area contributed by atoms with Crippen LogP contribution in [0.1, 0.15) is 17.5 Å². The van der Waals surface area contributed by atoms with Crippen LogP contribution in [0.3, 0.4) is 0 Å². The summed E-state index contributed by atoms with van der Waals surface area (Å²) in [6.07, 6.45) is 3.45. The lowest BCUT2D eigenvalue weighted by Gasteiger charge is -2.13. The van der Waals surface area contributed by atoms with Crippen molar-refractivity contribution in [3.63, 3.8) is 0 Å². The number of aryl methyl sites for hydroxylation is 2. The fourth-order valence-electron chi connectivity index (χ4n) is 1.92. The van der Waals surface area contributed by atoms with E-state index < -0.39 is 17.9 Å². The number of carboxylic acid groups (broad SMARTS) is 1. The Labute approximate surface area is 145 Å². The van der Waals surface area contributed by atoms with Gasteiger partial charge in [-0.3, -0.25) is 4.79 Å². The lowest BCUT2D eigenvalue weighted by atomic mass is 10.1. The summed E-state index contributed by atoms with van der Waals surface area (Å²) >= 11 is 1.49. The van der Waals surface area contributed by atoms with Crippen molar-refractivity contribution in [1.29, 1.82) is 5.26 Å². The van der Waals surface area contributed by atoms with Gasteiger partial charge in [0, 0.05) is 11.9 Å². The summed E-state index contributed by atoms with van der Waals surface area (Å²) in [6.45, 7) is 3.85. The van der Waals surface area contributed by atoms with Gasteiger partial charge in [0.15, 0.2) is 0 Å². The minimum Gasteiger partial charge on any atom is -0.480 e. The number of nitrogens with one attached hydrogen (secondary N) is 2. The third-order valence-electron chi connectivity index (χ3n) is 3.34. The molecule has 0 aliphatic heterocycles. The van der Waals surface area contributed by atoms with E-state index in [1.807, 2.05) is 38.3 Å². The number of benzene rings is 1. The topological polar surface area (TPSA) is 102 Å². The summed E-state index contributed by atoms with van der Waals surface area (Å²) in [4.78, 5) is 23.3. The molecule has 0 radical (unpaired) electrons. The molecule has 1 unspecified atom stereocenters. The summed E-state index contributed by atoms with van der Waals surface area (Å²) in [6, 6.07) is 6.58.